The van der Waals surface area contributed by atoms with Crippen LogP contribution in [0.5, 0.6) is 0 Å². The molecule has 56 valence electrons. The topological polar surface area (TPSA) is 66.0 Å². The fourth-order valence-corrected chi connectivity index (χ4v) is 0.215. The van der Waals surface area contributed by atoms with Crippen molar-refractivity contribution in [3.05, 3.63) is 18.7 Å². The van der Waals surface area contributed by atoms with Crippen molar-refractivity contribution in [2.45, 2.75) is 0 Å². The van der Waals surface area contributed by atoms with E-state index in [0.29, 0.717) is 0 Å². The molecule has 0 bridgehead atoms. The summed E-state index contributed by atoms with van der Waals surface area (Å²) in [6, 6.07) is 0. The summed E-state index contributed by atoms with van der Waals surface area (Å²) in [5, 5.41) is 7.71. The van der Waals surface area contributed by atoms with Crippen molar-refractivity contribution in [2.24, 2.45) is 0 Å². The minimum Gasteiger partial charge on any atom is -0.481 e. The molecule has 0 spiro atoms. The molecule has 10 heavy (non-hydrogen) atoms. The molecule has 0 amide bonds. The number of aromatic nitrogens is 2. The number of nitrogens with zero attached hydrogens (tertiary/aromatic N) is 1. The molecule has 1 aromatic heterocycles. The number of rotatable bonds is 1. The number of aliphatic carboxylic acids is 1. The largest absolute Gasteiger partial charge is 0.481 e. The van der Waals surface area contributed by atoms with Crippen LogP contribution in [0.3, 0.4) is 0 Å². The summed E-state index contributed by atoms with van der Waals surface area (Å²) in [4.78, 5) is 15.8. The summed E-state index contributed by atoms with van der Waals surface area (Å²) in [7, 11) is 0. The van der Waals surface area contributed by atoms with Crippen molar-refractivity contribution in [1.82, 2.24) is 9.97 Å². The third-order valence-corrected chi connectivity index (χ3v) is 1.17. The van der Waals surface area contributed by atoms with Crippen LogP contribution in [0, 0.1) is 0 Å². The molecule has 0 saturated heterocycles. The van der Waals surface area contributed by atoms with Crippen LogP contribution in [0.2, 0.25) is 0 Å². The highest BCUT2D eigenvalue weighted by atomic mass is 127. The van der Waals surface area contributed by atoms with Gasteiger partial charge in [0.25, 0.3) is 0 Å². The van der Waals surface area contributed by atoms with Crippen LogP contribution in [0.1, 0.15) is 0 Å². The minimum atomic E-state index is -0.759. The highest BCUT2D eigenvalue weighted by Crippen LogP contribution is 1.75. The Bertz CT molecular complexity index is 147. The Hall–Kier alpha value is -0.590. The van der Waals surface area contributed by atoms with E-state index < -0.39 is 5.97 Å². The van der Waals surface area contributed by atoms with Gasteiger partial charge in [0, 0.05) is 12.4 Å². The molecule has 1 rings (SSSR count). The number of halogens is 1. The lowest BCUT2D eigenvalue weighted by atomic mass is 10.9. The van der Waals surface area contributed by atoms with Crippen LogP contribution >= 0.6 is 22.6 Å². The smallest absolute Gasteiger partial charge is 0.313 e. The summed E-state index contributed by atoms with van der Waals surface area (Å²) in [5.74, 6) is -0.759. The van der Waals surface area contributed by atoms with Gasteiger partial charge in [-0.15, -0.1) is 0 Å². The van der Waals surface area contributed by atoms with Gasteiger partial charge in [-0.1, -0.05) is 22.6 Å². The van der Waals surface area contributed by atoms with E-state index in [0.717, 1.165) is 0 Å². The van der Waals surface area contributed by atoms with Gasteiger partial charge >= 0.3 is 5.97 Å². The van der Waals surface area contributed by atoms with Crippen LogP contribution in [-0.4, -0.2) is 25.5 Å². The van der Waals surface area contributed by atoms with E-state index in [1.165, 1.54) is 0 Å². The molecule has 0 radical (unpaired) electrons. The van der Waals surface area contributed by atoms with Gasteiger partial charge < -0.3 is 10.1 Å². The van der Waals surface area contributed by atoms with E-state index in [9.17, 15) is 4.79 Å². The van der Waals surface area contributed by atoms with Gasteiger partial charge in [-0.25, -0.2) is 4.98 Å². The number of carboxylic acid groups (broad SMARTS) is 1. The number of imidazole rings is 1. The first-order chi connectivity index (χ1) is 4.77. The number of H-pyrrole nitrogens is 1. The molecule has 0 fully saturated rings. The van der Waals surface area contributed by atoms with Crippen molar-refractivity contribution >= 4 is 28.6 Å². The summed E-state index contributed by atoms with van der Waals surface area (Å²) in [5.41, 5.74) is 0. The monoisotopic (exact) mass is 254 g/mol. The molecular formula is C5H7IN2O2. The van der Waals surface area contributed by atoms with Crippen molar-refractivity contribution in [1.29, 1.82) is 0 Å². The van der Waals surface area contributed by atoms with Crippen LogP contribution in [0.25, 0.3) is 0 Å². The van der Waals surface area contributed by atoms with Gasteiger partial charge in [0.15, 0.2) is 0 Å². The Morgan fingerprint density at radius 3 is 2.50 bits per heavy atom. The highest BCUT2D eigenvalue weighted by Gasteiger charge is 1.82. The lowest BCUT2D eigenvalue weighted by Crippen LogP contribution is -1.91. The first-order valence-electron chi connectivity index (χ1n) is 2.48. The second-order valence-electron chi connectivity index (χ2n) is 1.29. The zero-order valence-electron chi connectivity index (χ0n) is 5.12. The second-order valence-corrected chi connectivity index (χ2v) is 2.05. The number of alkyl halides is 1. The number of hydrogen-bond donors (Lipinski definition) is 2. The van der Waals surface area contributed by atoms with Gasteiger partial charge in [-0.2, -0.15) is 0 Å². The van der Waals surface area contributed by atoms with E-state index in [2.05, 4.69) is 9.97 Å². The lowest BCUT2D eigenvalue weighted by molar-refractivity contribution is -0.133. The van der Waals surface area contributed by atoms with E-state index in [1.54, 1.807) is 41.3 Å². The fourth-order valence-electron chi connectivity index (χ4n) is 0.215. The molecule has 0 aliphatic heterocycles. The number of aromatic amines is 1. The lowest BCUT2D eigenvalue weighted by Gasteiger charge is -1.70. The Labute approximate surface area is 71.8 Å². The first kappa shape index (κ1) is 9.41. The maximum absolute atomic E-state index is 9.36. The number of hydrogen-bond acceptors (Lipinski definition) is 2. The van der Waals surface area contributed by atoms with Crippen LogP contribution in [0.15, 0.2) is 18.7 Å². The summed E-state index contributed by atoms with van der Waals surface area (Å²) in [6.07, 6.45) is 5.08. The molecule has 0 saturated carbocycles. The van der Waals surface area contributed by atoms with E-state index in [4.69, 9.17) is 5.11 Å². The quantitative estimate of drug-likeness (QED) is 0.578. The minimum absolute atomic E-state index is 0.192. The Morgan fingerprint density at radius 1 is 1.80 bits per heavy atom. The molecule has 1 aromatic rings. The normalized spacial score (nSPS) is 7.70. The van der Waals surface area contributed by atoms with Crippen LogP contribution in [0.4, 0.5) is 0 Å². The average Bonchev–Trinajstić information content (AvgIpc) is 2.43. The molecule has 5 heteroatoms. The highest BCUT2D eigenvalue weighted by molar-refractivity contribution is 14.1. The van der Waals surface area contributed by atoms with E-state index >= 15 is 0 Å². The van der Waals surface area contributed by atoms with Crippen LogP contribution in [-0.2, 0) is 4.79 Å². The van der Waals surface area contributed by atoms with E-state index in [1.807, 2.05) is 0 Å². The maximum Gasteiger partial charge on any atom is 0.313 e. The number of nitrogens with one attached hydrogen (secondary N) is 1. The van der Waals surface area contributed by atoms with Gasteiger partial charge in [-0.05, 0) is 0 Å². The van der Waals surface area contributed by atoms with Crippen LogP contribution < -0.4 is 0 Å². The van der Waals surface area contributed by atoms with Crippen molar-refractivity contribution in [3.8, 4) is 0 Å². The third-order valence-electron chi connectivity index (χ3n) is 0.520. The standard InChI is InChI=1S/C3H4N2.C2H3IO2/c1-2-5-3-4-1;3-1-2(4)5/h1-3H,(H,4,5);1H2,(H,4,5). The van der Waals surface area contributed by atoms with E-state index in [-0.39, 0.29) is 4.43 Å². The molecule has 0 aromatic carbocycles. The molecule has 0 aliphatic rings. The van der Waals surface area contributed by atoms with Gasteiger partial charge in [-0.3, -0.25) is 4.79 Å². The Morgan fingerprint density at radius 2 is 2.40 bits per heavy atom. The molecule has 4 nitrogen and oxygen atoms in total. The summed E-state index contributed by atoms with van der Waals surface area (Å²) < 4.78 is 0.192. The Kier molecular flexibility index (Phi) is 6.14. The predicted molar refractivity (Wildman–Crippen MR) is 45.1 cm³/mol. The van der Waals surface area contributed by atoms with Crippen molar-refractivity contribution in [2.75, 3.05) is 4.43 Å². The Balaban J connectivity index is 0.000000162. The average molecular weight is 254 g/mol. The van der Waals surface area contributed by atoms with Gasteiger partial charge in [0.1, 0.15) is 0 Å². The zero-order chi connectivity index (χ0) is 7.82. The third kappa shape index (κ3) is 7.41. The fraction of sp³-hybridized carbons (Fsp3) is 0.200. The molecule has 0 unspecified atom stereocenters. The molecular weight excluding hydrogens is 247 g/mol. The molecule has 1 heterocycles. The summed E-state index contributed by atoms with van der Waals surface area (Å²) >= 11 is 1.78. The molecule has 0 atom stereocenters. The van der Waals surface area contributed by atoms with Crippen molar-refractivity contribution in [3.63, 3.8) is 0 Å². The van der Waals surface area contributed by atoms with Gasteiger partial charge in [0.2, 0.25) is 0 Å². The predicted octanol–water partition coefficient (Wildman–Crippen LogP) is 0.916. The molecule has 2 N–H and O–H groups in total. The number of carboxylic acids is 1. The SMILES string of the molecule is O=C(O)CI.c1c[nH]cn1. The zero-order valence-corrected chi connectivity index (χ0v) is 7.28. The maximum atomic E-state index is 9.36. The molecule has 0 aliphatic carbocycles. The first-order valence-corrected chi connectivity index (χ1v) is 4.00. The summed E-state index contributed by atoms with van der Waals surface area (Å²) in [6.45, 7) is 0. The number of carbonyl (C=O) groups is 1. The van der Waals surface area contributed by atoms with Gasteiger partial charge in [0.05, 0.1) is 10.8 Å². The van der Waals surface area contributed by atoms with Crippen molar-refractivity contribution < 1.29 is 9.90 Å². The second kappa shape index (κ2) is 6.53.